The fourth-order valence-corrected chi connectivity index (χ4v) is 4.06. The van der Waals surface area contributed by atoms with Crippen LogP contribution in [0.4, 0.5) is 5.69 Å². The van der Waals surface area contributed by atoms with E-state index in [0.717, 1.165) is 12.1 Å². The number of para-hydroxylation sites is 2. The maximum Gasteiger partial charge on any atom is 0.262 e. The van der Waals surface area contributed by atoms with Crippen LogP contribution in [0, 0.1) is 5.92 Å². The van der Waals surface area contributed by atoms with E-state index in [1.54, 1.807) is 9.47 Å². The number of thioether (sulfide) groups is 1. The van der Waals surface area contributed by atoms with Crippen molar-refractivity contribution in [3.8, 4) is 0 Å². The topological polar surface area (TPSA) is 55.2 Å². The van der Waals surface area contributed by atoms with Crippen LogP contribution in [0.15, 0.2) is 64.5 Å². The highest BCUT2D eigenvalue weighted by Crippen LogP contribution is 2.21. The van der Waals surface area contributed by atoms with E-state index in [1.165, 1.54) is 11.8 Å². The second-order valence-electron chi connectivity index (χ2n) is 7.31. The number of carbonyl (C=O) groups excluding carboxylic acids is 1. The molecule has 152 valence electrons. The lowest BCUT2D eigenvalue weighted by Crippen LogP contribution is -2.32. The molecule has 0 radical (unpaired) electrons. The normalized spacial score (nSPS) is 11.2. The number of nitrogens with zero attached hydrogens (tertiary/aromatic N) is 3. The van der Waals surface area contributed by atoms with Gasteiger partial charge in [0.15, 0.2) is 5.16 Å². The number of benzene rings is 2. The van der Waals surface area contributed by atoms with Gasteiger partial charge in [-0.3, -0.25) is 14.2 Å². The van der Waals surface area contributed by atoms with Crippen molar-refractivity contribution in [1.82, 2.24) is 9.55 Å². The molecule has 1 aromatic heterocycles. The molecule has 3 aromatic rings. The van der Waals surface area contributed by atoms with Gasteiger partial charge in [0, 0.05) is 18.8 Å². The number of carbonyl (C=O) groups is 1. The lowest BCUT2D eigenvalue weighted by atomic mass is 10.1. The van der Waals surface area contributed by atoms with Crippen molar-refractivity contribution >= 4 is 34.3 Å². The summed E-state index contributed by atoms with van der Waals surface area (Å²) in [5, 5.41) is 1.22. The van der Waals surface area contributed by atoms with Crippen molar-refractivity contribution in [1.29, 1.82) is 0 Å². The van der Waals surface area contributed by atoms with E-state index >= 15 is 0 Å². The Labute approximate surface area is 175 Å². The Morgan fingerprint density at radius 1 is 1.10 bits per heavy atom. The molecule has 0 aliphatic heterocycles. The molecule has 5 nitrogen and oxygen atoms in total. The lowest BCUT2D eigenvalue weighted by Gasteiger charge is -2.21. The average molecular weight is 410 g/mol. The van der Waals surface area contributed by atoms with Crippen molar-refractivity contribution in [3.63, 3.8) is 0 Å². The third-order valence-corrected chi connectivity index (χ3v) is 5.73. The summed E-state index contributed by atoms with van der Waals surface area (Å²) in [7, 11) is 0. The fraction of sp³-hybridized carbons (Fsp3) is 0.348. The van der Waals surface area contributed by atoms with Gasteiger partial charge in [0.2, 0.25) is 5.91 Å². The van der Waals surface area contributed by atoms with Gasteiger partial charge in [-0.25, -0.2) is 4.98 Å². The molecule has 0 unspecified atom stereocenters. The molecule has 0 saturated carbocycles. The van der Waals surface area contributed by atoms with Gasteiger partial charge in [-0.15, -0.1) is 0 Å². The molecule has 0 N–H and O–H groups in total. The highest BCUT2D eigenvalue weighted by atomic mass is 32.2. The number of amides is 1. The Morgan fingerprint density at radius 3 is 2.48 bits per heavy atom. The van der Waals surface area contributed by atoms with E-state index in [4.69, 9.17) is 4.98 Å². The van der Waals surface area contributed by atoms with Gasteiger partial charge in [-0.05, 0) is 43.5 Å². The minimum atomic E-state index is -0.0402. The van der Waals surface area contributed by atoms with Crippen LogP contribution >= 0.6 is 11.8 Å². The Morgan fingerprint density at radius 2 is 1.79 bits per heavy atom. The van der Waals surface area contributed by atoms with Gasteiger partial charge in [-0.1, -0.05) is 55.9 Å². The van der Waals surface area contributed by atoms with Crippen molar-refractivity contribution in [2.24, 2.45) is 5.92 Å². The van der Waals surface area contributed by atoms with Crippen LogP contribution in [-0.4, -0.2) is 27.8 Å². The van der Waals surface area contributed by atoms with Crippen molar-refractivity contribution in [2.45, 2.75) is 38.9 Å². The fourth-order valence-electron chi connectivity index (χ4n) is 3.16. The van der Waals surface area contributed by atoms with E-state index in [9.17, 15) is 9.59 Å². The highest BCUT2D eigenvalue weighted by molar-refractivity contribution is 7.99. The third-order valence-electron chi connectivity index (χ3n) is 4.77. The second-order valence-corrected chi connectivity index (χ2v) is 8.26. The summed E-state index contributed by atoms with van der Waals surface area (Å²) in [4.78, 5) is 32.3. The Kier molecular flexibility index (Phi) is 7.09. The van der Waals surface area contributed by atoms with Crippen molar-refractivity contribution < 1.29 is 4.79 Å². The molecular formula is C23H27N3O2S. The van der Waals surface area contributed by atoms with E-state index in [0.29, 0.717) is 35.1 Å². The zero-order valence-electron chi connectivity index (χ0n) is 17.2. The summed E-state index contributed by atoms with van der Waals surface area (Å²) in [6.45, 7) is 7.42. The molecule has 29 heavy (non-hydrogen) atoms. The molecular weight excluding hydrogens is 382 g/mol. The highest BCUT2D eigenvalue weighted by Gasteiger charge is 2.17. The molecule has 0 aliphatic carbocycles. The molecule has 0 saturated heterocycles. The van der Waals surface area contributed by atoms with Crippen LogP contribution in [0.5, 0.6) is 0 Å². The number of aromatic nitrogens is 2. The molecule has 0 spiro atoms. The number of rotatable bonds is 8. The molecule has 6 heteroatoms. The van der Waals surface area contributed by atoms with Crippen LogP contribution in [0.25, 0.3) is 10.9 Å². The first-order valence-electron chi connectivity index (χ1n) is 9.99. The van der Waals surface area contributed by atoms with Crippen molar-refractivity contribution in [3.05, 3.63) is 65.0 Å². The largest absolute Gasteiger partial charge is 0.312 e. The SMILES string of the molecule is CCN(C(=O)CSc1nc2ccccc2c(=O)n1CCC(C)C)c1ccccc1. The van der Waals surface area contributed by atoms with Crippen LogP contribution in [-0.2, 0) is 11.3 Å². The van der Waals surface area contributed by atoms with Gasteiger partial charge < -0.3 is 4.90 Å². The lowest BCUT2D eigenvalue weighted by molar-refractivity contribution is -0.116. The summed E-state index contributed by atoms with van der Waals surface area (Å²) in [6.07, 6.45) is 0.881. The van der Waals surface area contributed by atoms with E-state index in [-0.39, 0.29) is 17.2 Å². The van der Waals surface area contributed by atoms with Crippen LogP contribution < -0.4 is 10.5 Å². The van der Waals surface area contributed by atoms with Crippen LogP contribution in [0.1, 0.15) is 27.2 Å². The molecule has 1 heterocycles. The molecule has 0 aliphatic rings. The summed E-state index contributed by atoms with van der Waals surface area (Å²) < 4.78 is 1.72. The molecule has 0 fully saturated rings. The first-order valence-corrected chi connectivity index (χ1v) is 11.0. The van der Waals surface area contributed by atoms with Gasteiger partial charge in [0.05, 0.1) is 16.7 Å². The first kappa shape index (κ1) is 21.1. The maximum absolute atomic E-state index is 13.0. The smallest absolute Gasteiger partial charge is 0.262 e. The van der Waals surface area contributed by atoms with E-state index in [2.05, 4.69) is 13.8 Å². The molecule has 1 amide bonds. The number of anilines is 1. The Bertz CT molecular complexity index is 1030. The zero-order valence-corrected chi connectivity index (χ0v) is 18.0. The van der Waals surface area contributed by atoms with Gasteiger partial charge in [0.25, 0.3) is 5.56 Å². The minimum absolute atomic E-state index is 0.00140. The summed E-state index contributed by atoms with van der Waals surface area (Å²) in [5.74, 6) is 0.706. The minimum Gasteiger partial charge on any atom is -0.312 e. The Hall–Kier alpha value is -2.60. The van der Waals surface area contributed by atoms with Gasteiger partial charge >= 0.3 is 0 Å². The predicted octanol–water partition coefficient (Wildman–Crippen LogP) is 4.59. The van der Waals surface area contributed by atoms with Gasteiger partial charge in [-0.2, -0.15) is 0 Å². The number of hydrogen-bond donors (Lipinski definition) is 0. The van der Waals surface area contributed by atoms with E-state index in [1.807, 2.05) is 61.5 Å². The predicted molar refractivity (Wildman–Crippen MR) is 121 cm³/mol. The van der Waals surface area contributed by atoms with Gasteiger partial charge in [0.1, 0.15) is 0 Å². The molecule has 0 bridgehead atoms. The van der Waals surface area contributed by atoms with E-state index < -0.39 is 0 Å². The second kappa shape index (κ2) is 9.74. The first-order chi connectivity index (χ1) is 14.0. The quantitative estimate of drug-likeness (QED) is 0.403. The van der Waals surface area contributed by atoms with Crippen molar-refractivity contribution in [2.75, 3.05) is 17.2 Å². The van der Waals surface area contributed by atoms with Crippen LogP contribution in [0.3, 0.4) is 0 Å². The number of fused-ring (bicyclic) bond motifs is 1. The maximum atomic E-state index is 13.0. The van der Waals surface area contributed by atoms with Crippen LogP contribution in [0.2, 0.25) is 0 Å². The summed E-state index contributed by atoms with van der Waals surface area (Å²) in [6, 6.07) is 17.0. The zero-order chi connectivity index (χ0) is 20.8. The molecule has 0 atom stereocenters. The molecule has 2 aromatic carbocycles. The standard InChI is InChI=1S/C23H27N3O2S/c1-4-25(18-10-6-5-7-11-18)21(27)16-29-23-24-20-13-9-8-12-19(20)22(28)26(23)15-14-17(2)3/h5-13,17H,4,14-16H2,1-3H3. The average Bonchev–Trinajstić information content (AvgIpc) is 2.73. The third kappa shape index (κ3) is 5.07. The summed E-state index contributed by atoms with van der Waals surface area (Å²) >= 11 is 1.33. The summed E-state index contributed by atoms with van der Waals surface area (Å²) in [5.41, 5.74) is 1.51. The monoisotopic (exact) mass is 409 g/mol. The Balaban J connectivity index is 1.87. The number of hydrogen-bond acceptors (Lipinski definition) is 4. The molecule has 3 rings (SSSR count).